The number of rotatable bonds is 4. The van der Waals surface area contributed by atoms with Crippen molar-refractivity contribution in [2.75, 3.05) is 6.61 Å². The number of hydrogen-bond acceptors (Lipinski definition) is 8. The Labute approximate surface area is 166 Å². The van der Waals surface area contributed by atoms with Crippen LogP contribution in [0, 0.1) is 0 Å². The molecule has 1 N–H and O–H groups in total. The van der Waals surface area contributed by atoms with Crippen LogP contribution in [-0.4, -0.2) is 61.6 Å². The minimum absolute atomic E-state index is 0.178. The lowest BCUT2D eigenvalue weighted by molar-refractivity contribution is -0.199. The number of hydrogen-bond donors (Lipinski definition) is 1. The zero-order valence-electron chi connectivity index (χ0n) is 15.9. The van der Waals surface area contributed by atoms with Gasteiger partial charge in [0, 0.05) is 11.1 Å². The molecule has 9 heteroatoms. The van der Waals surface area contributed by atoms with Crippen LogP contribution in [-0.2, 0) is 14.2 Å². The van der Waals surface area contributed by atoms with E-state index in [0.29, 0.717) is 22.4 Å². The first kappa shape index (κ1) is 18.3. The molecule has 1 aromatic carbocycles. The Morgan fingerprint density at radius 3 is 2.83 bits per heavy atom. The summed E-state index contributed by atoms with van der Waals surface area (Å²) in [6.07, 6.45) is 2.03. The smallest absolute Gasteiger partial charge is 0.166 e. The van der Waals surface area contributed by atoms with Crippen molar-refractivity contribution in [3.05, 3.63) is 42.5 Å². The predicted molar refractivity (Wildman–Crippen MR) is 101 cm³/mol. The van der Waals surface area contributed by atoms with E-state index in [9.17, 15) is 9.90 Å². The highest BCUT2D eigenvalue weighted by molar-refractivity contribution is 5.88. The fraction of sp³-hybridized carbons (Fsp3) is 0.400. The van der Waals surface area contributed by atoms with Gasteiger partial charge in [0.25, 0.3) is 0 Å². The summed E-state index contributed by atoms with van der Waals surface area (Å²) in [5.41, 5.74) is 3.10. The van der Waals surface area contributed by atoms with Gasteiger partial charge in [-0.15, -0.1) is 0 Å². The average molecular weight is 396 g/mol. The van der Waals surface area contributed by atoms with Gasteiger partial charge in [-0.1, -0.05) is 18.2 Å². The van der Waals surface area contributed by atoms with Crippen molar-refractivity contribution in [3.63, 3.8) is 0 Å². The SMILES string of the molecule is CC1(C)O[C@@H]2[C@H](O1)[C@@H](CO)O[C@H]2n1cnc2c(-c3cccc(C=O)c3)ncnc21. The van der Waals surface area contributed by atoms with Gasteiger partial charge in [0.1, 0.15) is 42.1 Å². The van der Waals surface area contributed by atoms with Crippen LogP contribution in [0.4, 0.5) is 0 Å². The van der Waals surface area contributed by atoms with Gasteiger partial charge in [-0.3, -0.25) is 9.36 Å². The number of carbonyl (C=O) groups excluding carboxylic acids is 1. The Bertz CT molecular complexity index is 1080. The summed E-state index contributed by atoms with van der Waals surface area (Å²) in [5, 5.41) is 9.71. The van der Waals surface area contributed by atoms with E-state index in [1.165, 1.54) is 6.33 Å². The third kappa shape index (κ3) is 2.94. The molecule has 3 aromatic rings. The van der Waals surface area contributed by atoms with Crippen LogP contribution in [0.3, 0.4) is 0 Å². The summed E-state index contributed by atoms with van der Waals surface area (Å²) >= 11 is 0. The van der Waals surface area contributed by atoms with E-state index in [1.54, 1.807) is 29.1 Å². The lowest BCUT2D eigenvalue weighted by Crippen LogP contribution is -2.31. The van der Waals surface area contributed by atoms with Gasteiger partial charge in [-0.2, -0.15) is 0 Å². The molecule has 2 aliphatic rings. The second-order valence-corrected chi connectivity index (χ2v) is 7.60. The number of aromatic nitrogens is 4. The number of carbonyl (C=O) groups is 1. The van der Waals surface area contributed by atoms with Gasteiger partial charge in [-0.25, -0.2) is 15.0 Å². The first-order valence-corrected chi connectivity index (χ1v) is 9.36. The predicted octanol–water partition coefficient (Wildman–Crippen LogP) is 1.72. The summed E-state index contributed by atoms with van der Waals surface area (Å²) in [6.45, 7) is 3.49. The van der Waals surface area contributed by atoms with Crippen LogP contribution in [0.15, 0.2) is 36.9 Å². The van der Waals surface area contributed by atoms with E-state index in [4.69, 9.17) is 14.2 Å². The van der Waals surface area contributed by atoms with E-state index < -0.39 is 24.2 Å². The van der Waals surface area contributed by atoms with Crippen molar-refractivity contribution in [3.8, 4) is 11.3 Å². The molecule has 0 unspecified atom stereocenters. The monoisotopic (exact) mass is 396 g/mol. The Balaban J connectivity index is 1.58. The Morgan fingerprint density at radius 2 is 2.03 bits per heavy atom. The summed E-state index contributed by atoms with van der Waals surface area (Å²) < 4.78 is 19.8. The van der Waals surface area contributed by atoms with Crippen LogP contribution in [0.2, 0.25) is 0 Å². The molecule has 4 atom stereocenters. The highest BCUT2D eigenvalue weighted by Gasteiger charge is 2.55. The van der Waals surface area contributed by atoms with Crippen molar-refractivity contribution in [2.45, 2.75) is 44.2 Å². The molecule has 2 fully saturated rings. The summed E-state index contributed by atoms with van der Waals surface area (Å²) in [7, 11) is 0. The fourth-order valence-corrected chi connectivity index (χ4v) is 4.04. The maximum Gasteiger partial charge on any atom is 0.166 e. The highest BCUT2D eigenvalue weighted by Crippen LogP contribution is 2.43. The fourth-order valence-electron chi connectivity index (χ4n) is 4.04. The first-order chi connectivity index (χ1) is 14.0. The second-order valence-electron chi connectivity index (χ2n) is 7.60. The van der Waals surface area contributed by atoms with Crippen molar-refractivity contribution in [1.82, 2.24) is 19.5 Å². The topological polar surface area (TPSA) is 109 Å². The number of imidazole rings is 1. The molecule has 0 bridgehead atoms. The number of fused-ring (bicyclic) bond motifs is 2. The molecule has 0 amide bonds. The number of benzene rings is 1. The quantitative estimate of drug-likeness (QED) is 0.664. The van der Waals surface area contributed by atoms with E-state index in [2.05, 4.69) is 15.0 Å². The summed E-state index contributed by atoms with van der Waals surface area (Å²) in [5.74, 6) is -0.767. The van der Waals surface area contributed by atoms with E-state index in [1.807, 2.05) is 19.9 Å². The normalized spacial score (nSPS) is 28.0. The molecule has 4 heterocycles. The van der Waals surface area contributed by atoms with Gasteiger partial charge < -0.3 is 19.3 Å². The van der Waals surface area contributed by atoms with E-state index in [0.717, 1.165) is 11.8 Å². The van der Waals surface area contributed by atoms with Crippen LogP contribution in [0.1, 0.15) is 30.4 Å². The molecular weight excluding hydrogens is 376 g/mol. The van der Waals surface area contributed by atoms with E-state index >= 15 is 0 Å². The van der Waals surface area contributed by atoms with Crippen LogP contribution < -0.4 is 0 Å². The lowest BCUT2D eigenvalue weighted by atomic mass is 10.1. The van der Waals surface area contributed by atoms with Gasteiger partial charge in [0.2, 0.25) is 0 Å². The third-order valence-corrected chi connectivity index (χ3v) is 5.23. The minimum Gasteiger partial charge on any atom is -0.394 e. The summed E-state index contributed by atoms with van der Waals surface area (Å²) in [6, 6.07) is 7.16. The van der Waals surface area contributed by atoms with Gasteiger partial charge >= 0.3 is 0 Å². The molecule has 150 valence electrons. The van der Waals surface area contributed by atoms with Crippen LogP contribution in [0.25, 0.3) is 22.4 Å². The molecule has 29 heavy (non-hydrogen) atoms. The van der Waals surface area contributed by atoms with Crippen molar-refractivity contribution in [1.29, 1.82) is 0 Å². The summed E-state index contributed by atoms with van der Waals surface area (Å²) in [4.78, 5) is 24.4. The molecule has 0 spiro atoms. The van der Waals surface area contributed by atoms with Crippen LogP contribution in [0.5, 0.6) is 0 Å². The Kier molecular flexibility index (Phi) is 4.21. The zero-order chi connectivity index (χ0) is 20.2. The molecule has 2 aliphatic heterocycles. The minimum atomic E-state index is -0.767. The molecule has 0 saturated carbocycles. The second kappa shape index (κ2) is 6.67. The molecule has 9 nitrogen and oxygen atoms in total. The van der Waals surface area contributed by atoms with Gasteiger partial charge in [-0.05, 0) is 19.9 Å². The van der Waals surface area contributed by atoms with Gasteiger partial charge in [0.05, 0.1) is 12.9 Å². The van der Waals surface area contributed by atoms with Crippen molar-refractivity contribution >= 4 is 17.5 Å². The number of aliphatic hydroxyl groups is 1. The third-order valence-electron chi connectivity index (χ3n) is 5.23. The number of aldehydes is 1. The standard InChI is InChI=1S/C20H20N4O5/c1-20(2)28-16-13(8-26)27-19(17(16)29-20)24-10-23-15-14(21-9-22-18(15)24)12-5-3-4-11(6-12)7-25/h3-7,9-10,13,16-17,19,26H,8H2,1-2H3/t13-,16-,17-,19-/m1/s1. The maximum absolute atomic E-state index is 11.1. The number of nitrogens with zero attached hydrogens (tertiary/aromatic N) is 4. The Hall–Kier alpha value is -2.72. The zero-order valence-corrected chi connectivity index (χ0v) is 15.9. The first-order valence-electron chi connectivity index (χ1n) is 9.36. The van der Waals surface area contributed by atoms with Crippen LogP contribution >= 0.6 is 0 Å². The molecular formula is C20H20N4O5. The lowest BCUT2D eigenvalue weighted by Gasteiger charge is -2.24. The average Bonchev–Trinajstić information content (AvgIpc) is 3.38. The molecule has 0 aliphatic carbocycles. The highest BCUT2D eigenvalue weighted by atomic mass is 16.8. The molecule has 2 saturated heterocycles. The van der Waals surface area contributed by atoms with Crippen molar-refractivity contribution < 1.29 is 24.1 Å². The number of ether oxygens (including phenoxy) is 3. The largest absolute Gasteiger partial charge is 0.394 e. The van der Waals surface area contributed by atoms with Crippen molar-refractivity contribution in [2.24, 2.45) is 0 Å². The molecule has 0 radical (unpaired) electrons. The maximum atomic E-state index is 11.1. The molecule has 5 rings (SSSR count). The molecule has 2 aromatic heterocycles. The Morgan fingerprint density at radius 1 is 1.21 bits per heavy atom. The number of aliphatic hydroxyl groups excluding tert-OH is 1. The van der Waals surface area contributed by atoms with E-state index in [-0.39, 0.29) is 12.7 Å². The van der Waals surface area contributed by atoms with Gasteiger partial charge in [0.15, 0.2) is 17.7 Å².